The van der Waals surface area contributed by atoms with Gasteiger partial charge in [-0.3, -0.25) is 14.5 Å². The molecule has 10 heteroatoms. The summed E-state index contributed by atoms with van der Waals surface area (Å²) in [5, 5.41) is 11.0. The monoisotopic (exact) mass is 496 g/mol. The number of anilines is 2. The Kier molecular flexibility index (Phi) is 5.33. The molecule has 3 heterocycles. The summed E-state index contributed by atoms with van der Waals surface area (Å²) in [6.45, 7) is 0. The topological polar surface area (TPSA) is 97.7 Å². The van der Waals surface area contributed by atoms with Crippen LogP contribution in [0.1, 0.15) is 0 Å². The highest BCUT2D eigenvalue weighted by molar-refractivity contribution is 6.02. The zero-order valence-electron chi connectivity index (χ0n) is 19.4. The average molecular weight is 496 g/mol. The Hall–Kier alpha value is -5.12. The molecule has 2 N–H and O–H groups in total. The van der Waals surface area contributed by atoms with Gasteiger partial charge < -0.3 is 10.1 Å². The molecule has 0 radical (unpaired) electrons. The third kappa shape index (κ3) is 4.04. The standard InChI is InChI=1S/C27H18F2N6O2/c1-37-21-7-5-19(6-8-21)32-27-30-13-22-24-23(14-31-34-24)26(36)35(25(22)33-27)20-4-2-3-15(11-20)16-9-17(28)12-18(29)10-16/h2-14H,1H3,(H,31,34)(H,30,32,33). The zero-order chi connectivity index (χ0) is 25.5. The highest BCUT2D eigenvalue weighted by Gasteiger charge is 2.17. The van der Waals surface area contributed by atoms with Crippen LogP contribution in [0, 0.1) is 11.6 Å². The number of hydrogen-bond donors (Lipinski definition) is 2. The molecule has 0 fully saturated rings. The van der Waals surface area contributed by atoms with Crippen molar-refractivity contribution in [3.63, 3.8) is 0 Å². The second-order valence-corrected chi connectivity index (χ2v) is 8.29. The van der Waals surface area contributed by atoms with Crippen LogP contribution in [0.25, 0.3) is 38.8 Å². The number of nitrogens with zero attached hydrogens (tertiary/aromatic N) is 4. The molecule has 0 atom stereocenters. The van der Waals surface area contributed by atoms with E-state index in [1.54, 1.807) is 49.7 Å². The smallest absolute Gasteiger partial charge is 0.267 e. The zero-order valence-corrected chi connectivity index (χ0v) is 19.4. The number of ether oxygens (including phenoxy) is 1. The maximum Gasteiger partial charge on any atom is 0.267 e. The van der Waals surface area contributed by atoms with E-state index in [9.17, 15) is 13.6 Å². The number of fused-ring (bicyclic) bond motifs is 3. The van der Waals surface area contributed by atoms with Crippen molar-refractivity contribution >= 4 is 33.6 Å². The van der Waals surface area contributed by atoms with Crippen LogP contribution in [0.4, 0.5) is 20.4 Å². The first-order chi connectivity index (χ1) is 18.0. The number of hydrogen-bond acceptors (Lipinski definition) is 6. The highest BCUT2D eigenvalue weighted by Crippen LogP contribution is 2.27. The first kappa shape index (κ1) is 22.4. The number of aromatic nitrogens is 5. The van der Waals surface area contributed by atoms with E-state index in [-0.39, 0.29) is 11.5 Å². The Labute approximate surface area is 208 Å². The van der Waals surface area contributed by atoms with Crippen molar-refractivity contribution in [3.8, 4) is 22.6 Å². The van der Waals surface area contributed by atoms with Crippen LogP contribution >= 0.6 is 0 Å². The van der Waals surface area contributed by atoms with Gasteiger partial charge in [0.05, 0.1) is 35.3 Å². The fourth-order valence-corrected chi connectivity index (χ4v) is 4.24. The fraction of sp³-hybridized carbons (Fsp3) is 0.0370. The lowest BCUT2D eigenvalue weighted by Gasteiger charge is -2.13. The summed E-state index contributed by atoms with van der Waals surface area (Å²) in [6.07, 6.45) is 3.05. The fourth-order valence-electron chi connectivity index (χ4n) is 4.24. The number of methoxy groups -OCH3 is 1. The van der Waals surface area contributed by atoms with Crippen LogP contribution in [-0.2, 0) is 0 Å². The molecule has 0 saturated carbocycles. The van der Waals surface area contributed by atoms with Crippen molar-refractivity contribution in [1.29, 1.82) is 0 Å². The number of rotatable bonds is 5. The Balaban J connectivity index is 1.53. The maximum absolute atomic E-state index is 13.9. The van der Waals surface area contributed by atoms with Gasteiger partial charge in [-0.2, -0.15) is 10.1 Å². The molecule has 182 valence electrons. The molecule has 0 spiro atoms. The molecule has 0 unspecified atom stereocenters. The minimum absolute atomic E-state index is 0.271. The van der Waals surface area contributed by atoms with Crippen LogP contribution in [0.15, 0.2) is 83.9 Å². The first-order valence-corrected chi connectivity index (χ1v) is 11.2. The predicted molar refractivity (Wildman–Crippen MR) is 136 cm³/mol. The second kappa shape index (κ2) is 8.83. The van der Waals surface area contributed by atoms with Crippen molar-refractivity contribution in [2.75, 3.05) is 12.4 Å². The van der Waals surface area contributed by atoms with Gasteiger partial charge in [0.15, 0.2) is 5.65 Å². The van der Waals surface area contributed by atoms with Crippen molar-refractivity contribution in [1.82, 2.24) is 24.7 Å². The maximum atomic E-state index is 13.9. The first-order valence-electron chi connectivity index (χ1n) is 11.2. The van der Waals surface area contributed by atoms with Crippen LogP contribution in [-0.4, -0.2) is 31.8 Å². The minimum atomic E-state index is -0.690. The Bertz CT molecular complexity index is 1830. The number of nitrogens with one attached hydrogen (secondary N) is 2. The van der Waals surface area contributed by atoms with Gasteiger partial charge in [-0.05, 0) is 59.7 Å². The van der Waals surface area contributed by atoms with Crippen molar-refractivity contribution in [2.45, 2.75) is 0 Å². The molecule has 0 amide bonds. The molecule has 37 heavy (non-hydrogen) atoms. The van der Waals surface area contributed by atoms with Crippen molar-refractivity contribution < 1.29 is 13.5 Å². The van der Waals surface area contributed by atoms with Crippen LogP contribution < -0.4 is 15.6 Å². The summed E-state index contributed by atoms with van der Waals surface area (Å²) in [5.41, 5.74) is 2.56. The van der Waals surface area contributed by atoms with Gasteiger partial charge in [0.2, 0.25) is 5.95 Å². The van der Waals surface area contributed by atoms with Gasteiger partial charge in [0.1, 0.15) is 17.4 Å². The Morgan fingerprint density at radius 2 is 1.70 bits per heavy atom. The van der Waals surface area contributed by atoms with E-state index in [0.29, 0.717) is 44.5 Å². The predicted octanol–water partition coefficient (Wildman–Crippen LogP) is 5.35. The molecule has 6 aromatic rings. The van der Waals surface area contributed by atoms with Gasteiger partial charge >= 0.3 is 0 Å². The molecular formula is C27H18F2N6O2. The quantitative estimate of drug-likeness (QED) is 0.334. The summed E-state index contributed by atoms with van der Waals surface area (Å²) in [6, 6.07) is 17.4. The molecule has 8 nitrogen and oxygen atoms in total. The van der Waals surface area contributed by atoms with Crippen molar-refractivity contribution in [3.05, 3.63) is 101 Å². The van der Waals surface area contributed by atoms with E-state index in [1.807, 2.05) is 12.1 Å². The van der Waals surface area contributed by atoms with Gasteiger partial charge in [-0.15, -0.1) is 0 Å². The minimum Gasteiger partial charge on any atom is -0.497 e. The molecule has 3 aromatic carbocycles. The summed E-state index contributed by atoms with van der Waals surface area (Å²) in [7, 11) is 1.59. The summed E-state index contributed by atoms with van der Waals surface area (Å²) >= 11 is 0. The second-order valence-electron chi connectivity index (χ2n) is 8.29. The number of benzene rings is 3. The molecule has 0 aliphatic carbocycles. The normalized spacial score (nSPS) is 11.2. The van der Waals surface area contributed by atoms with Gasteiger partial charge in [-0.1, -0.05) is 12.1 Å². The number of H-pyrrole nitrogens is 1. The number of halogens is 2. The van der Waals surface area contributed by atoms with Crippen molar-refractivity contribution in [2.24, 2.45) is 0 Å². The lowest BCUT2D eigenvalue weighted by atomic mass is 10.0. The largest absolute Gasteiger partial charge is 0.497 e. The third-order valence-corrected chi connectivity index (χ3v) is 5.97. The van der Waals surface area contributed by atoms with E-state index in [1.165, 1.54) is 22.9 Å². The molecule has 0 aliphatic rings. The average Bonchev–Trinajstić information content (AvgIpc) is 3.40. The highest BCUT2D eigenvalue weighted by atomic mass is 19.1. The lowest BCUT2D eigenvalue weighted by molar-refractivity contribution is 0.415. The summed E-state index contributed by atoms with van der Waals surface area (Å²) < 4.78 is 34.4. The SMILES string of the molecule is COc1ccc(Nc2ncc3c4[nH]ncc4c(=O)n(-c4cccc(-c5cc(F)cc(F)c5)c4)c3n2)cc1. The molecule has 0 bridgehead atoms. The van der Waals surface area contributed by atoms with Gasteiger partial charge in [0.25, 0.3) is 5.56 Å². The molecule has 3 aromatic heterocycles. The van der Waals surface area contributed by atoms with Gasteiger partial charge in [0, 0.05) is 18.0 Å². The summed E-state index contributed by atoms with van der Waals surface area (Å²) in [5.74, 6) is -0.402. The molecule has 0 saturated heterocycles. The van der Waals surface area contributed by atoms with Gasteiger partial charge in [-0.25, -0.2) is 13.8 Å². The van der Waals surface area contributed by atoms with Crippen LogP contribution in [0.2, 0.25) is 0 Å². The van der Waals surface area contributed by atoms with Crippen LogP contribution in [0.3, 0.4) is 0 Å². The third-order valence-electron chi connectivity index (χ3n) is 5.97. The molecule has 0 aliphatic heterocycles. The van der Waals surface area contributed by atoms with E-state index >= 15 is 0 Å². The van der Waals surface area contributed by atoms with E-state index in [4.69, 9.17) is 4.74 Å². The van der Waals surface area contributed by atoms with E-state index < -0.39 is 11.6 Å². The lowest BCUT2D eigenvalue weighted by Crippen LogP contribution is -2.20. The Morgan fingerprint density at radius 1 is 0.919 bits per heavy atom. The number of aromatic amines is 1. The molecule has 6 rings (SSSR count). The van der Waals surface area contributed by atoms with Crippen LogP contribution in [0.5, 0.6) is 5.75 Å². The van der Waals surface area contributed by atoms with E-state index in [2.05, 4.69) is 25.5 Å². The molecular weight excluding hydrogens is 478 g/mol. The number of pyridine rings is 1. The Morgan fingerprint density at radius 3 is 2.46 bits per heavy atom. The van der Waals surface area contributed by atoms with E-state index in [0.717, 1.165) is 11.8 Å². The summed E-state index contributed by atoms with van der Waals surface area (Å²) in [4.78, 5) is 22.7.